The molecule has 1 heterocycles. The summed E-state index contributed by atoms with van der Waals surface area (Å²) in [4.78, 5) is 24.8. The SMILES string of the molecule is CCN1CCC(CNC(=O)[C@@H]2C[C@@H]2C(=O)O)CC1. The molecule has 0 aromatic carbocycles. The van der Waals surface area contributed by atoms with Crippen LogP contribution in [0.15, 0.2) is 0 Å². The lowest BCUT2D eigenvalue weighted by molar-refractivity contribution is -0.140. The van der Waals surface area contributed by atoms with E-state index in [1.807, 2.05) is 0 Å². The summed E-state index contributed by atoms with van der Waals surface area (Å²) in [6, 6.07) is 0. The van der Waals surface area contributed by atoms with Crippen molar-refractivity contribution in [2.45, 2.75) is 26.2 Å². The van der Waals surface area contributed by atoms with Crippen molar-refractivity contribution >= 4 is 11.9 Å². The Kier molecular flexibility index (Phi) is 4.22. The summed E-state index contributed by atoms with van der Waals surface area (Å²) in [6.07, 6.45) is 2.76. The van der Waals surface area contributed by atoms with Crippen LogP contribution in [0.2, 0.25) is 0 Å². The van der Waals surface area contributed by atoms with Gasteiger partial charge in [-0.25, -0.2) is 0 Å². The Morgan fingerprint density at radius 3 is 2.44 bits per heavy atom. The molecule has 2 N–H and O–H groups in total. The number of hydrogen-bond donors (Lipinski definition) is 2. The second kappa shape index (κ2) is 5.69. The minimum Gasteiger partial charge on any atom is -0.481 e. The first-order valence-corrected chi connectivity index (χ1v) is 6.84. The van der Waals surface area contributed by atoms with E-state index in [2.05, 4.69) is 17.1 Å². The third kappa shape index (κ3) is 3.22. The maximum Gasteiger partial charge on any atom is 0.307 e. The van der Waals surface area contributed by atoms with Gasteiger partial charge in [0.25, 0.3) is 0 Å². The summed E-state index contributed by atoms with van der Waals surface area (Å²) >= 11 is 0. The normalized spacial score (nSPS) is 28.9. The Labute approximate surface area is 108 Å². The average molecular weight is 254 g/mol. The van der Waals surface area contributed by atoms with Crippen LogP contribution < -0.4 is 5.32 Å². The Morgan fingerprint density at radius 1 is 1.28 bits per heavy atom. The molecule has 0 unspecified atom stereocenters. The van der Waals surface area contributed by atoms with E-state index < -0.39 is 11.9 Å². The molecule has 0 bridgehead atoms. The van der Waals surface area contributed by atoms with Crippen molar-refractivity contribution in [1.29, 1.82) is 0 Å². The van der Waals surface area contributed by atoms with Gasteiger partial charge in [-0.2, -0.15) is 0 Å². The summed E-state index contributed by atoms with van der Waals surface area (Å²) in [6.45, 7) is 6.19. The second-order valence-corrected chi connectivity index (χ2v) is 5.41. The van der Waals surface area contributed by atoms with Gasteiger partial charge in [-0.05, 0) is 44.8 Å². The van der Waals surface area contributed by atoms with Crippen molar-refractivity contribution in [2.75, 3.05) is 26.2 Å². The number of likely N-dealkylation sites (tertiary alicyclic amines) is 1. The zero-order valence-corrected chi connectivity index (χ0v) is 10.9. The van der Waals surface area contributed by atoms with Gasteiger partial charge in [0.05, 0.1) is 11.8 Å². The molecule has 1 saturated heterocycles. The number of piperidine rings is 1. The fourth-order valence-corrected chi connectivity index (χ4v) is 2.64. The van der Waals surface area contributed by atoms with E-state index in [1.54, 1.807) is 0 Å². The fraction of sp³-hybridized carbons (Fsp3) is 0.846. The zero-order chi connectivity index (χ0) is 13.1. The average Bonchev–Trinajstić information content (AvgIpc) is 3.17. The summed E-state index contributed by atoms with van der Waals surface area (Å²) in [7, 11) is 0. The van der Waals surface area contributed by atoms with Gasteiger partial charge in [0.15, 0.2) is 0 Å². The van der Waals surface area contributed by atoms with Crippen LogP contribution in [-0.4, -0.2) is 48.1 Å². The summed E-state index contributed by atoms with van der Waals surface area (Å²) in [5.41, 5.74) is 0. The lowest BCUT2D eigenvalue weighted by atomic mass is 9.97. The van der Waals surface area contributed by atoms with E-state index >= 15 is 0 Å². The number of rotatable bonds is 5. The van der Waals surface area contributed by atoms with E-state index in [9.17, 15) is 9.59 Å². The van der Waals surface area contributed by atoms with Crippen molar-refractivity contribution in [3.63, 3.8) is 0 Å². The summed E-state index contributed by atoms with van der Waals surface area (Å²) in [5, 5.41) is 11.7. The third-order valence-corrected chi connectivity index (χ3v) is 4.16. The maximum atomic E-state index is 11.7. The highest BCUT2D eigenvalue weighted by Crippen LogP contribution is 2.38. The molecule has 1 aliphatic carbocycles. The molecule has 18 heavy (non-hydrogen) atoms. The lowest BCUT2D eigenvalue weighted by Gasteiger charge is -2.31. The standard InChI is InChI=1S/C13H22N2O3/c1-2-15-5-3-9(4-6-15)8-14-12(16)10-7-11(10)13(17)18/h9-11H,2-8H2,1H3,(H,14,16)(H,17,18)/t10-,11+/m1/s1. The first kappa shape index (κ1) is 13.3. The summed E-state index contributed by atoms with van der Waals surface area (Å²) < 4.78 is 0. The minimum atomic E-state index is -0.841. The van der Waals surface area contributed by atoms with Gasteiger partial charge in [-0.1, -0.05) is 6.92 Å². The molecule has 1 amide bonds. The molecular weight excluding hydrogens is 232 g/mol. The molecule has 0 aromatic rings. The molecule has 1 saturated carbocycles. The second-order valence-electron chi connectivity index (χ2n) is 5.41. The lowest BCUT2D eigenvalue weighted by Crippen LogP contribution is -2.39. The molecule has 0 aromatic heterocycles. The van der Waals surface area contributed by atoms with Crippen LogP contribution in [0.1, 0.15) is 26.2 Å². The Bertz CT molecular complexity index is 324. The first-order valence-electron chi connectivity index (χ1n) is 6.84. The number of carbonyl (C=O) groups is 2. The van der Waals surface area contributed by atoms with Crippen LogP contribution >= 0.6 is 0 Å². The van der Waals surface area contributed by atoms with Crippen molar-refractivity contribution in [3.8, 4) is 0 Å². The molecule has 5 nitrogen and oxygen atoms in total. The number of nitrogens with zero attached hydrogens (tertiary/aromatic N) is 1. The van der Waals surface area contributed by atoms with Crippen LogP contribution in [0.4, 0.5) is 0 Å². The van der Waals surface area contributed by atoms with Gasteiger partial charge < -0.3 is 15.3 Å². The largest absolute Gasteiger partial charge is 0.481 e. The number of aliphatic carboxylic acids is 1. The van der Waals surface area contributed by atoms with E-state index in [0.717, 1.165) is 32.5 Å². The molecule has 5 heteroatoms. The molecule has 1 aliphatic heterocycles. The molecule has 102 valence electrons. The Hall–Kier alpha value is -1.10. The Balaban J connectivity index is 1.64. The van der Waals surface area contributed by atoms with E-state index in [4.69, 9.17) is 5.11 Å². The van der Waals surface area contributed by atoms with Gasteiger partial charge in [-0.15, -0.1) is 0 Å². The molecule has 0 spiro atoms. The number of amides is 1. The monoisotopic (exact) mass is 254 g/mol. The maximum absolute atomic E-state index is 11.7. The number of carboxylic acids is 1. The first-order chi connectivity index (χ1) is 8.61. The molecule has 0 radical (unpaired) electrons. The van der Waals surface area contributed by atoms with Crippen LogP contribution in [-0.2, 0) is 9.59 Å². The van der Waals surface area contributed by atoms with Crippen LogP contribution in [0.25, 0.3) is 0 Å². The van der Waals surface area contributed by atoms with Gasteiger partial charge in [0.2, 0.25) is 5.91 Å². The van der Waals surface area contributed by atoms with Gasteiger partial charge in [0.1, 0.15) is 0 Å². The van der Waals surface area contributed by atoms with E-state index in [0.29, 0.717) is 18.9 Å². The highest BCUT2D eigenvalue weighted by atomic mass is 16.4. The van der Waals surface area contributed by atoms with Gasteiger partial charge >= 0.3 is 5.97 Å². The molecular formula is C13H22N2O3. The van der Waals surface area contributed by atoms with Crippen LogP contribution in [0, 0.1) is 17.8 Å². The summed E-state index contributed by atoms with van der Waals surface area (Å²) in [5.74, 6) is -1.07. The predicted octanol–water partition coefficient (Wildman–Crippen LogP) is 0.555. The van der Waals surface area contributed by atoms with Crippen molar-refractivity contribution in [1.82, 2.24) is 10.2 Å². The zero-order valence-electron chi connectivity index (χ0n) is 10.9. The number of hydrogen-bond acceptors (Lipinski definition) is 3. The number of carbonyl (C=O) groups excluding carboxylic acids is 1. The number of carboxylic acid groups (broad SMARTS) is 1. The van der Waals surface area contributed by atoms with Crippen LogP contribution in [0.3, 0.4) is 0 Å². The molecule has 2 rings (SSSR count). The highest BCUT2D eigenvalue weighted by Gasteiger charge is 2.48. The fourth-order valence-electron chi connectivity index (χ4n) is 2.64. The molecule has 2 fully saturated rings. The predicted molar refractivity (Wildman–Crippen MR) is 67.1 cm³/mol. The van der Waals surface area contributed by atoms with Crippen molar-refractivity contribution < 1.29 is 14.7 Å². The Morgan fingerprint density at radius 2 is 1.94 bits per heavy atom. The third-order valence-electron chi connectivity index (χ3n) is 4.16. The van der Waals surface area contributed by atoms with Crippen LogP contribution in [0.5, 0.6) is 0 Å². The van der Waals surface area contributed by atoms with Gasteiger partial charge in [-0.3, -0.25) is 9.59 Å². The smallest absolute Gasteiger partial charge is 0.307 e. The molecule has 2 atom stereocenters. The van der Waals surface area contributed by atoms with E-state index in [-0.39, 0.29) is 11.8 Å². The minimum absolute atomic E-state index is 0.0691. The quantitative estimate of drug-likeness (QED) is 0.752. The van der Waals surface area contributed by atoms with E-state index in [1.165, 1.54) is 0 Å². The number of nitrogens with one attached hydrogen (secondary N) is 1. The molecule has 2 aliphatic rings. The topological polar surface area (TPSA) is 69.6 Å². The van der Waals surface area contributed by atoms with Gasteiger partial charge in [0, 0.05) is 6.54 Å². The van der Waals surface area contributed by atoms with Crippen molar-refractivity contribution in [2.24, 2.45) is 17.8 Å². The highest BCUT2D eigenvalue weighted by molar-refractivity contribution is 5.89. The van der Waals surface area contributed by atoms with Crippen molar-refractivity contribution in [3.05, 3.63) is 0 Å².